The van der Waals surface area contributed by atoms with Crippen LogP contribution in [0.15, 0.2) is 24.3 Å². The molecule has 1 saturated heterocycles. The predicted molar refractivity (Wildman–Crippen MR) is 71.8 cm³/mol. The van der Waals surface area contributed by atoms with E-state index >= 15 is 0 Å². The van der Waals surface area contributed by atoms with Gasteiger partial charge in [-0.3, -0.25) is 10.9 Å². The second-order valence-corrected chi connectivity index (χ2v) is 5.17. The summed E-state index contributed by atoms with van der Waals surface area (Å²) in [7, 11) is 0. The lowest BCUT2D eigenvalue weighted by Gasteiger charge is -2.14. The first-order chi connectivity index (χ1) is 8.19. The van der Waals surface area contributed by atoms with E-state index in [-0.39, 0.29) is 6.04 Å². The number of hydrogen-bond donors (Lipinski definition) is 3. The molecule has 0 amide bonds. The molecule has 0 radical (unpaired) electrons. The van der Waals surface area contributed by atoms with Gasteiger partial charge in [0, 0.05) is 23.1 Å². The fourth-order valence-electron chi connectivity index (χ4n) is 2.25. The third kappa shape index (κ3) is 3.42. The van der Waals surface area contributed by atoms with Gasteiger partial charge in [0.25, 0.3) is 0 Å². The number of rotatable bonds is 4. The maximum absolute atomic E-state index is 6.00. The van der Waals surface area contributed by atoms with Gasteiger partial charge < -0.3 is 5.73 Å². The molecule has 1 aliphatic rings. The molecule has 0 bridgehead atoms. The van der Waals surface area contributed by atoms with E-state index < -0.39 is 0 Å². The Balaban J connectivity index is 1.93. The molecule has 0 saturated carbocycles. The summed E-state index contributed by atoms with van der Waals surface area (Å²) in [4.78, 5) is 0. The zero-order valence-electron chi connectivity index (χ0n) is 10.1. The average molecular weight is 254 g/mol. The highest BCUT2D eigenvalue weighted by molar-refractivity contribution is 6.30. The van der Waals surface area contributed by atoms with Gasteiger partial charge in [0.2, 0.25) is 0 Å². The minimum absolute atomic E-state index is 0.285. The fraction of sp³-hybridized carbons (Fsp3) is 0.538. The van der Waals surface area contributed by atoms with E-state index in [1.54, 1.807) is 0 Å². The van der Waals surface area contributed by atoms with E-state index in [1.807, 2.05) is 18.2 Å². The zero-order chi connectivity index (χ0) is 12.3. The van der Waals surface area contributed by atoms with E-state index in [4.69, 9.17) is 17.3 Å². The van der Waals surface area contributed by atoms with Crippen LogP contribution in [-0.4, -0.2) is 12.1 Å². The smallest absolute Gasteiger partial charge is 0.0478 e. The lowest BCUT2D eigenvalue weighted by molar-refractivity contribution is 0.460. The van der Waals surface area contributed by atoms with Crippen LogP contribution in [0.3, 0.4) is 0 Å². The molecule has 4 heteroatoms. The number of nitrogens with one attached hydrogen (secondary N) is 2. The molecule has 0 aliphatic carbocycles. The first kappa shape index (κ1) is 12.8. The number of hydrogen-bond acceptors (Lipinski definition) is 3. The number of nitrogens with two attached hydrogens (primary N) is 1. The summed E-state index contributed by atoms with van der Waals surface area (Å²) < 4.78 is 0. The summed E-state index contributed by atoms with van der Waals surface area (Å²) in [5.74, 6) is 0. The Kier molecular flexibility index (Phi) is 4.40. The molecule has 94 valence electrons. The molecule has 1 aliphatic heterocycles. The Morgan fingerprint density at radius 3 is 3.00 bits per heavy atom. The largest absolute Gasteiger partial charge is 0.328 e. The zero-order valence-corrected chi connectivity index (χ0v) is 10.9. The molecule has 1 aromatic rings. The van der Waals surface area contributed by atoms with Crippen molar-refractivity contribution < 1.29 is 0 Å². The minimum Gasteiger partial charge on any atom is -0.328 e. The summed E-state index contributed by atoms with van der Waals surface area (Å²) >= 11 is 6.00. The van der Waals surface area contributed by atoms with Crippen LogP contribution in [0.5, 0.6) is 0 Å². The van der Waals surface area contributed by atoms with Crippen LogP contribution < -0.4 is 16.6 Å². The second kappa shape index (κ2) is 5.83. The average Bonchev–Trinajstić information content (AvgIpc) is 2.77. The second-order valence-electron chi connectivity index (χ2n) is 4.73. The SMILES string of the molecule is CCC(N)CC1CC(c2cccc(Cl)c2)NN1. The molecule has 3 atom stereocenters. The predicted octanol–water partition coefficient (Wildman–Crippen LogP) is 2.38. The van der Waals surface area contributed by atoms with Crippen molar-refractivity contribution in [1.82, 2.24) is 10.9 Å². The van der Waals surface area contributed by atoms with E-state index in [0.29, 0.717) is 12.1 Å². The van der Waals surface area contributed by atoms with Crippen molar-refractivity contribution in [3.63, 3.8) is 0 Å². The van der Waals surface area contributed by atoms with Gasteiger partial charge in [0.1, 0.15) is 0 Å². The maximum atomic E-state index is 6.00. The molecule has 17 heavy (non-hydrogen) atoms. The standard InChI is InChI=1S/C13H20ClN3/c1-2-11(15)7-12-8-13(17-16-12)9-4-3-5-10(14)6-9/h3-6,11-13,16-17H,2,7-8,15H2,1H3. The highest BCUT2D eigenvalue weighted by Crippen LogP contribution is 2.25. The van der Waals surface area contributed by atoms with Gasteiger partial charge in [-0.2, -0.15) is 0 Å². The van der Waals surface area contributed by atoms with Crippen LogP contribution in [0.2, 0.25) is 5.02 Å². The van der Waals surface area contributed by atoms with E-state index in [2.05, 4.69) is 23.8 Å². The van der Waals surface area contributed by atoms with Gasteiger partial charge in [-0.15, -0.1) is 0 Å². The quantitative estimate of drug-likeness (QED) is 0.772. The minimum atomic E-state index is 0.285. The molecule has 2 rings (SSSR count). The summed E-state index contributed by atoms with van der Waals surface area (Å²) in [5.41, 5.74) is 13.8. The number of halogens is 1. The van der Waals surface area contributed by atoms with Crippen LogP contribution in [-0.2, 0) is 0 Å². The first-order valence-corrected chi connectivity index (χ1v) is 6.59. The van der Waals surface area contributed by atoms with E-state index in [1.165, 1.54) is 5.56 Å². The highest BCUT2D eigenvalue weighted by atomic mass is 35.5. The van der Waals surface area contributed by atoms with Gasteiger partial charge in [-0.05, 0) is 37.0 Å². The lowest BCUT2D eigenvalue weighted by atomic mass is 9.98. The van der Waals surface area contributed by atoms with E-state index in [0.717, 1.165) is 24.3 Å². The van der Waals surface area contributed by atoms with Gasteiger partial charge in [0.15, 0.2) is 0 Å². The Bertz CT molecular complexity index is 369. The van der Waals surface area contributed by atoms with Crippen molar-refractivity contribution in [2.45, 2.75) is 44.3 Å². The normalized spacial score (nSPS) is 26.1. The monoisotopic (exact) mass is 253 g/mol. The van der Waals surface area contributed by atoms with Gasteiger partial charge in [0.05, 0.1) is 0 Å². The van der Waals surface area contributed by atoms with Crippen molar-refractivity contribution in [3.8, 4) is 0 Å². The van der Waals surface area contributed by atoms with Gasteiger partial charge >= 0.3 is 0 Å². The van der Waals surface area contributed by atoms with Crippen molar-refractivity contribution >= 4 is 11.6 Å². The van der Waals surface area contributed by atoms with E-state index in [9.17, 15) is 0 Å². The summed E-state index contributed by atoms with van der Waals surface area (Å²) in [6.07, 6.45) is 3.11. The molecule has 0 spiro atoms. The maximum Gasteiger partial charge on any atom is 0.0478 e. The van der Waals surface area contributed by atoms with Crippen LogP contribution in [0, 0.1) is 0 Å². The van der Waals surface area contributed by atoms with Crippen molar-refractivity contribution in [1.29, 1.82) is 0 Å². The summed E-state index contributed by atoms with van der Waals surface area (Å²) in [6, 6.07) is 9.09. The fourth-order valence-corrected chi connectivity index (χ4v) is 2.45. The highest BCUT2D eigenvalue weighted by Gasteiger charge is 2.25. The van der Waals surface area contributed by atoms with Crippen LogP contribution >= 0.6 is 11.6 Å². The third-order valence-electron chi connectivity index (χ3n) is 3.34. The third-order valence-corrected chi connectivity index (χ3v) is 3.58. The summed E-state index contributed by atoms with van der Waals surface area (Å²) in [5, 5.41) is 0.790. The molecule has 3 unspecified atom stereocenters. The first-order valence-electron chi connectivity index (χ1n) is 6.21. The molecule has 1 aromatic carbocycles. The lowest BCUT2D eigenvalue weighted by Crippen LogP contribution is -2.35. The molecule has 4 N–H and O–H groups in total. The summed E-state index contributed by atoms with van der Waals surface area (Å²) in [6.45, 7) is 2.13. The molecule has 3 nitrogen and oxygen atoms in total. The molecular weight excluding hydrogens is 234 g/mol. The van der Waals surface area contributed by atoms with Crippen molar-refractivity contribution in [3.05, 3.63) is 34.9 Å². The Labute approximate surface area is 108 Å². The molecule has 0 aromatic heterocycles. The number of benzene rings is 1. The topological polar surface area (TPSA) is 50.1 Å². The van der Waals surface area contributed by atoms with Crippen LogP contribution in [0.4, 0.5) is 0 Å². The molecule has 1 heterocycles. The van der Waals surface area contributed by atoms with Gasteiger partial charge in [-0.1, -0.05) is 30.7 Å². The van der Waals surface area contributed by atoms with Crippen LogP contribution in [0.1, 0.15) is 37.8 Å². The van der Waals surface area contributed by atoms with Crippen molar-refractivity contribution in [2.24, 2.45) is 5.73 Å². The Morgan fingerprint density at radius 2 is 2.29 bits per heavy atom. The molecular formula is C13H20ClN3. The van der Waals surface area contributed by atoms with Gasteiger partial charge in [-0.25, -0.2) is 0 Å². The Morgan fingerprint density at radius 1 is 1.47 bits per heavy atom. The Hall–Kier alpha value is -0.610. The van der Waals surface area contributed by atoms with Crippen molar-refractivity contribution in [2.75, 3.05) is 0 Å². The number of hydrazine groups is 1. The molecule has 1 fully saturated rings. The van der Waals surface area contributed by atoms with Crippen LogP contribution in [0.25, 0.3) is 0 Å².